The number of nitriles is 1. The molecule has 0 bridgehead atoms. The van der Waals surface area contributed by atoms with Gasteiger partial charge in [0.1, 0.15) is 0 Å². The highest BCUT2D eigenvalue weighted by Crippen LogP contribution is 2.15. The molecule has 0 radical (unpaired) electrons. The Morgan fingerprint density at radius 3 is 2.67 bits per heavy atom. The van der Waals surface area contributed by atoms with E-state index in [4.69, 9.17) is 5.26 Å². The average Bonchev–Trinajstić information content (AvgIpc) is 2.34. The Morgan fingerprint density at radius 2 is 2.11 bits per heavy atom. The van der Waals surface area contributed by atoms with E-state index in [-0.39, 0.29) is 5.91 Å². The van der Waals surface area contributed by atoms with Gasteiger partial charge in [0.2, 0.25) is 0 Å². The van der Waals surface area contributed by atoms with Gasteiger partial charge in [0.15, 0.2) is 0 Å². The van der Waals surface area contributed by atoms with E-state index in [9.17, 15) is 4.79 Å². The molecule has 96 valence electrons. The highest BCUT2D eigenvalue weighted by molar-refractivity contribution is 14.1. The fourth-order valence-electron chi connectivity index (χ4n) is 1.71. The molecule has 4 heteroatoms. The van der Waals surface area contributed by atoms with Crippen LogP contribution in [0.3, 0.4) is 0 Å². The van der Waals surface area contributed by atoms with E-state index < -0.39 is 0 Å². The molecule has 1 aromatic rings. The topological polar surface area (TPSA) is 44.1 Å². The van der Waals surface area contributed by atoms with E-state index in [0.29, 0.717) is 25.4 Å². The van der Waals surface area contributed by atoms with Crippen LogP contribution in [0.25, 0.3) is 0 Å². The number of hydrogen-bond donors (Lipinski definition) is 0. The summed E-state index contributed by atoms with van der Waals surface area (Å²) in [5.41, 5.74) is 0.719. The summed E-state index contributed by atoms with van der Waals surface area (Å²) < 4.78 is 0.950. The van der Waals surface area contributed by atoms with Gasteiger partial charge in [-0.2, -0.15) is 5.26 Å². The Morgan fingerprint density at radius 1 is 1.44 bits per heavy atom. The minimum absolute atomic E-state index is 0.0175. The maximum absolute atomic E-state index is 12.4. The van der Waals surface area contributed by atoms with E-state index in [2.05, 4.69) is 42.5 Å². The number of halogens is 1. The summed E-state index contributed by atoms with van der Waals surface area (Å²) in [6, 6.07) is 9.64. The lowest BCUT2D eigenvalue weighted by Crippen LogP contribution is -2.35. The van der Waals surface area contributed by atoms with Crippen molar-refractivity contribution in [2.24, 2.45) is 5.92 Å². The summed E-state index contributed by atoms with van der Waals surface area (Å²) in [6.07, 6.45) is 0.377. The minimum Gasteiger partial charge on any atom is -0.337 e. The molecule has 0 aliphatic heterocycles. The van der Waals surface area contributed by atoms with Gasteiger partial charge in [0, 0.05) is 16.7 Å². The quantitative estimate of drug-likeness (QED) is 0.760. The third kappa shape index (κ3) is 4.30. The van der Waals surface area contributed by atoms with Crippen LogP contribution >= 0.6 is 22.6 Å². The van der Waals surface area contributed by atoms with Crippen LogP contribution in [0, 0.1) is 20.8 Å². The molecule has 1 amide bonds. The molecule has 0 aliphatic carbocycles. The number of carbonyl (C=O) groups is 1. The molecule has 18 heavy (non-hydrogen) atoms. The third-order valence-electron chi connectivity index (χ3n) is 2.47. The predicted molar refractivity (Wildman–Crippen MR) is 80.1 cm³/mol. The summed E-state index contributed by atoms with van der Waals surface area (Å²) in [7, 11) is 0. The van der Waals surface area contributed by atoms with Crippen molar-refractivity contribution >= 4 is 28.5 Å². The zero-order chi connectivity index (χ0) is 13.5. The fraction of sp³-hybridized carbons (Fsp3) is 0.429. The Balaban J connectivity index is 2.88. The molecule has 0 heterocycles. The monoisotopic (exact) mass is 356 g/mol. The molecule has 0 atom stereocenters. The molecule has 0 saturated carbocycles. The van der Waals surface area contributed by atoms with Crippen LogP contribution in [0.4, 0.5) is 0 Å². The van der Waals surface area contributed by atoms with Crippen molar-refractivity contribution in [3.63, 3.8) is 0 Å². The van der Waals surface area contributed by atoms with Crippen LogP contribution in [0.15, 0.2) is 24.3 Å². The van der Waals surface area contributed by atoms with Crippen LogP contribution in [0.5, 0.6) is 0 Å². The molecule has 0 saturated heterocycles. The van der Waals surface area contributed by atoms with Gasteiger partial charge in [0.05, 0.1) is 18.1 Å². The average molecular weight is 356 g/mol. The summed E-state index contributed by atoms with van der Waals surface area (Å²) in [6.45, 7) is 5.33. The molecule has 0 unspecified atom stereocenters. The van der Waals surface area contributed by atoms with Crippen molar-refractivity contribution in [2.75, 3.05) is 13.1 Å². The van der Waals surface area contributed by atoms with Crippen LogP contribution in [0.2, 0.25) is 0 Å². The molecule has 1 aromatic carbocycles. The second kappa shape index (κ2) is 7.37. The molecule has 0 N–H and O–H groups in total. The first kappa shape index (κ1) is 15.0. The van der Waals surface area contributed by atoms with Crippen LogP contribution < -0.4 is 0 Å². The van der Waals surface area contributed by atoms with Crippen LogP contribution in [-0.4, -0.2) is 23.9 Å². The normalized spacial score (nSPS) is 10.2. The standard InChI is InChI=1S/C14H17IN2O/c1-11(2)10-17(9-5-8-16)14(18)12-6-3-4-7-13(12)15/h3-4,6-7,11H,5,9-10H2,1-2H3. The van der Waals surface area contributed by atoms with Crippen molar-refractivity contribution in [1.82, 2.24) is 4.90 Å². The zero-order valence-corrected chi connectivity index (χ0v) is 12.8. The van der Waals surface area contributed by atoms with Crippen molar-refractivity contribution < 1.29 is 4.79 Å². The highest BCUT2D eigenvalue weighted by atomic mass is 127. The number of carbonyl (C=O) groups excluding carboxylic acids is 1. The zero-order valence-electron chi connectivity index (χ0n) is 10.7. The molecule has 0 spiro atoms. The van der Waals surface area contributed by atoms with Gasteiger partial charge in [-0.15, -0.1) is 0 Å². The predicted octanol–water partition coefficient (Wildman–Crippen LogP) is 3.30. The lowest BCUT2D eigenvalue weighted by Gasteiger charge is -2.24. The Hall–Kier alpha value is -1.09. The second-order valence-corrected chi connectivity index (χ2v) is 5.70. The van der Waals surface area contributed by atoms with Crippen LogP contribution in [0.1, 0.15) is 30.6 Å². The van der Waals surface area contributed by atoms with Gasteiger partial charge in [-0.1, -0.05) is 26.0 Å². The van der Waals surface area contributed by atoms with E-state index in [1.807, 2.05) is 24.3 Å². The van der Waals surface area contributed by atoms with E-state index in [1.165, 1.54) is 0 Å². The Kier molecular flexibility index (Phi) is 6.13. The first-order valence-corrected chi connectivity index (χ1v) is 7.05. The van der Waals surface area contributed by atoms with E-state index in [0.717, 1.165) is 9.13 Å². The highest BCUT2D eigenvalue weighted by Gasteiger charge is 2.18. The van der Waals surface area contributed by atoms with Gasteiger partial charge in [-0.25, -0.2) is 0 Å². The number of rotatable bonds is 5. The largest absolute Gasteiger partial charge is 0.337 e. The SMILES string of the molecule is CC(C)CN(CCC#N)C(=O)c1ccccc1I. The first-order valence-electron chi connectivity index (χ1n) is 5.97. The Labute approximate surface area is 122 Å². The summed E-state index contributed by atoms with van der Waals surface area (Å²) in [5.74, 6) is 0.415. The maximum atomic E-state index is 12.4. The molecule has 0 aromatic heterocycles. The van der Waals surface area contributed by atoms with Gasteiger partial charge in [0.25, 0.3) is 5.91 Å². The van der Waals surface area contributed by atoms with Crippen molar-refractivity contribution in [3.8, 4) is 6.07 Å². The molecule has 3 nitrogen and oxygen atoms in total. The summed E-state index contributed by atoms with van der Waals surface area (Å²) in [5, 5.41) is 8.67. The van der Waals surface area contributed by atoms with E-state index >= 15 is 0 Å². The number of benzene rings is 1. The van der Waals surface area contributed by atoms with Crippen molar-refractivity contribution in [2.45, 2.75) is 20.3 Å². The lowest BCUT2D eigenvalue weighted by molar-refractivity contribution is 0.0739. The Bertz CT molecular complexity index is 451. The summed E-state index contributed by atoms with van der Waals surface area (Å²) >= 11 is 2.17. The van der Waals surface area contributed by atoms with Gasteiger partial charge in [-0.05, 0) is 40.6 Å². The molecular formula is C14H17IN2O. The molecule has 0 fully saturated rings. The van der Waals surface area contributed by atoms with Gasteiger partial charge < -0.3 is 4.90 Å². The number of hydrogen-bond acceptors (Lipinski definition) is 2. The number of nitrogens with zero attached hydrogens (tertiary/aromatic N) is 2. The molecule has 0 aliphatic rings. The van der Waals surface area contributed by atoms with Crippen molar-refractivity contribution in [1.29, 1.82) is 5.26 Å². The van der Waals surface area contributed by atoms with Crippen LogP contribution in [-0.2, 0) is 0 Å². The lowest BCUT2D eigenvalue weighted by atomic mass is 10.1. The molecular weight excluding hydrogens is 339 g/mol. The number of amides is 1. The summed E-state index contributed by atoms with van der Waals surface area (Å²) in [4.78, 5) is 14.2. The maximum Gasteiger partial charge on any atom is 0.254 e. The molecule has 1 rings (SSSR count). The minimum atomic E-state index is 0.0175. The third-order valence-corrected chi connectivity index (χ3v) is 3.41. The van der Waals surface area contributed by atoms with Gasteiger partial charge >= 0.3 is 0 Å². The second-order valence-electron chi connectivity index (χ2n) is 4.53. The van der Waals surface area contributed by atoms with E-state index in [1.54, 1.807) is 4.90 Å². The fourth-order valence-corrected chi connectivity index (χ4v) is 2.32. The smallest absolute Gasteiger partial charge is 0.254 e. The first-order chi connectivity index (χ1) is 8.56. The van der Waals surface area contributed by atoms with Crippen molar-refractivity contribution in [3.05, 3.63) is 33.4 Å². The van der Waals surface area contributed by atoms with Gasteiger partial charge in [-0.3, -0.25) is 4.79 Å².